The van der Waals surface area contributed by atoms with Gasteiger partial charge in [-0.15, -0.1) is 0 Å². The maximum atomic E-state index is 12.2. The summed E-state index contributed by atoms with van der Waals surface area (Å²) in [6.45, 7) is 3.41. The summed E-state index contributed by atoms with van der Waals surface area (Å²) in [5.41, 5.74) is -0.714. The second-order valence-corrected chi connectivity index (χ2v) is 3.72. The molecule has 1 amide bonds. The molecule has 0 bridgehead atoms. The van der Waals surface area contributed by atoms with Crippen LogP contribution in [0.25, 0.3) is 0 Å². The predicted octanol–water partition coefficient (Wildman–Crippen LogP) is 0.415. The van der Waals surface area contributed by atoms with Crippen molar-refractivity contribution in [1.82, 2.24) is 10.6 Å². The van der Waals surface area contributed by atoms with Crippen LogP contribution in [-0.2, 0) is 4.79 Å². The van der Waals surface area contributed by atoms with Gasteiger partial charge in [-0.05, 0) is 13.8 Å². The number of rotatable bonds is 0. The van der Waals surface area contributed by atoms with Crippen LogP contribution in [0.15, 0.2) is 0 Å². The van der Waals surface area contributed by atoms with Crippen LogP contribution in [0.4, 0.5) is 13.2 Å². The fraction of sp³-hybridized carbons (Fsp3) is 0.857. The van der Waals surface area contributed by atoms with Crippen LogP contribution in [0.1, 0.15) is 13.8 Å². The second-order valence-electron chi connectivity index (χ2n) is 3.72. The third-order valence-electron chi connectivity index (χ3n) is 1.83. The Morgan fingerprint density at radius 1 is 1.46 bits per heavy atom. The molecule has 0 aromatic rings. The fourth-order valence-electron chi connectivity index (χ4n) is 1.15. The molecular weight excluding hydrogens is 185 g/mol. The lowest BCUT2D eigenvalue weighted by molar-refractivity contribution is -0.175. The van der Waals surface area contributed by atoms with Crippen molar-refractivity contribution in [2.75, 3.05) is 6.54 Å². The van der Waals surface area contributed by atoms with Crippen LogP contribution in [0, 0.1) is 0 Å². The molecule has 3 nitrogen and oxygen atoms in total. The Hall–Kier alpha value is -0.780. The van der Waals surface area contributed by atoms with E-state index in [0.717, 1.165) is 0 Å². The molecule has 0 spiro atoms. The van der Waals surface area contributed by atoms with E-state index >= 15 is 0 Å². The number of hydrogen-bond donors (Lipinski definition) is 2. The summed E-state index contributed by atoms with van der Waals surface area (Å²) in [6, 6.07) is -2.09. The number of alkyl halides is 3. The first-order valence-corrected chi connectivity index (χ1v) is 3.84. The molecular formula is C7H11F3N2O. The number of halogens is 3. The smallest absolute Gasteiger partial charge is 0.353 e. The van der Waals surface area contributed by atoms with Crippen LogP contribution < -0.4 is 10.6 Å². The molecule has 0 aromatic carbocycles. The van der Waals surface area contributed by atoms with Crippen LogP contribution in [0.2, 0.25) is 0 Å². The minimum Gasteiger partial charge on any atom is -0.353 e. The highest BCUT2D eigenvalue weighted by Crippen LogP contribution is 2.24. The van der Waals surface area contributed by atoms with Crippen molar-refractivity contribution in [2.45, 2.75) is 31.6 Å². The first kappa shape index (κ1) is 10.3. The molecule has 6 heteroatoms. The molecule has 0 radical (unpaired) electrons. The van der Waals surface area contributed by atoms with Gasteiger partial charge >= 0.3 is 6.18 Å². The molecule has 0 aliphatic carbocycles. The molecule has 1 unspecified atom stereocenters. The lowest BCUT2D eigenvalue weighted by Crippen LogP contribution is -2.67. The Labute approximate surface area is 73.7 Å². The number of piperazine rings is 1. The van der Waals surface area contributed by atoms with Gasteiger partial charge in [0.1, 0.15) is 0 Å². The lowest BCUT2D eigenvalue weighted by atomic mass is 10.00. The molecule has 1 fully saturated rings. The number of amides is 1. The highest BCUT2D eigenvalue weighted by Gasteiger charge is 2.49. The SMILES string of the molecule is CC1(C)CNC(=O)C(C(F)(F)F)N1. The molecule has 1 saturated heterocycles. The van der Waals surface area contributed by atoms with E-state index in [2.05, 4.69) is 10.6 Å². The zero-order valence-corrected chi connectivity index (χ0v) is 7.33. The van der Waals surface area contributed by atoms with Crippen molar-refractivity contribution in [1.29, 1.82) is 0 Å². The number of hydrogen-bond acceptors (Lipinski definition) is 2. The minimum absolute atomic E-state index is 0.207. The monoisotopic (exact) mass is 196 g/mol. The molecule has 2 N–H and O–H groups in total. The molecule has 0 aromatic heterocycles. The van der Waals surface area contributed by atoms with Crippen molar-refractivity contribution in [3.8, 4) is 0 Å². The minimum atomic E-state index is -4.53. The molecule has 13 heavy (non-hydrogen) atoms. The Kier molecular flexibility index (Phi) is 2.27. The van der Waals surface area contributed by atoms with E-state index in [0.29, 0.717) is 0 Å². The second kappa shape index (κ2) is 2.87. The maximum absolute atomic E-state index is 12.2. The van der Waals surface area contributed by atoms with Gasteiger partial charge in [-0.2, -0.15) is 13.2 Å². The zero-order valence-electron chi connectivity index (χ0n) is 7.33. The molecule has 1 rings (SSSR count). The standard InChI is InChI=1S/C7H11F3N2O/c1-6(2)3-11-5(13)4(12-6)7(8,9)10/h4,12H,3H2,1-2H3,(H,11,13). The number of carbonyl (C=O) groups excluding carboxylic acids is 1. The third-order valence-corrected chi connectivity index (χ3v) is 1.83. The van der Waals surface area contributed by atoms with Gasteiger partial charge in [-0.25, -0.2) is 0 Å². The van der Waals surface area contributed by atoms with Crippen LogP contribution in [0.5, 0.6) is 0 Å². The van der Waals surface area contributed by atoms with Crippen molar-refractivity contribution >= 4 is 5.91 Å². The van der Waals surface area contributed by atoms with Gasteiger partial charge in [0.05, 0.1) is 0 Å². The summed E-state index contributed by atoms with van der Waals surface area (Å²) in [5.74, 6) is -1.01. The van der Waals surface area contributed by atoms with E-state index < -0.39 is 23.7 Å². The quantitative estimate of drug-likeness (QED) is 0.589. The van der Waals surface area contributed by atoms with Gasteiger partial charge in [0.25, 0.3) is 0 Å². The lowest BCUT2D eigenvalue weighted by Gasteiger charge is -2.37. The largest absolute Gasteiger partial charge is 0.412 e. The summed E-state index contributed by atoms with van der Waals surface area (Å²) < 4.78 is 36.6. The first-order chi connectivity index (χ1) is 5.72. The highest BCUT2D eigenvalue weighted by atomic mass is 19.4. The third kappa shape index (κ3) is 2.33. The van der Waals surface area contributed by atoms with E-state index in [1.54, 1.807) is 13.8 Å². The van der Waals surface area contributed by atoms with Crippen LogP contribution in [-0.4, -0.2) is 30.2 Å². The van der Waals surface area contributed by atoms with Gasteiger partial charge in [-0.3, -0.25) is 10.1 Å². The Bertz CT molecular complexity index is 224. The van der Waals surface area contributed by atoms with Gasteiger partial charge < -0.3 is 5.32 Å². The predicted molar refractivity (Wildman–Crippen MR) is 40.1 cm³/mol. The van der Waals surface area contributed by atoms with Crippen LogP contribution in [0.3, 0.4) is 0 Å². The molecule has 0 saturated carbocycles. The van der Waals surface area contributed by atoms with Crippen molar-refractivity contribution in [3.63, 3.8) is 0 Å². The van der Waals surface area contributed by atoms with Crippen molar-refractivity contribution < 1.29 is 18.0 Å². The summed E-state index contributed by atoms with van der Waals surface area (Å²) >= 11 is 0. The highest BCUT2D eigenvalue weighted by molar-refractivity contribution is 5.83. The van der Waals surface area contributed by atoms with E-state index in [4.69, 9.17) is 0 Å². The summed E-state index contributed by atoms with van der Waals surface area (Å²) in [7, 11) is 0. The Morgan fingerprint density at radius 2 is 2.00 bits per heavy atom. The molecule has 1 aliphatic rings. The molecule has 1 heterocycles. The number of carbonyl (C=O) groups is 1. The average molecular weight is 196 g/mol. The Balaban J connectivity index is 2.78. The van der Waals surface area contributed by atoms with E-state index in [1.165, 1.54) is 0 Å². The van der Waals surface area contributed by atoms with E-state index in [1.807, 2.05) is 0 Å². The first-order valence-electron chi connectivity index (χ1n) is 3.84. The van der Waals surface area contributed by atoms with Gasteiger partial charge in [-0.1, -0.05) is 0 Å². The molecule has 1 atom stereocenters. The maximum Gasteiger partial charge on any atom is 0.412 e. The summed E-state index contributed by atoms with van der Waals surface area (Å²) in [5, 5.41) is 4.45. The normalized spacial score (nSPS) is 28.4. The van der Waals surface area contributed by atoms with E-state index in [9.17, 15) is 18.0 Å². The summed E-state index contributed by atoms with van der Waals surface area (Å²) in [4.78, 5) is 10.8. The Morgan fingerprint density at radius 3 is 2.38 bits per heavy atom. The zero-order chi connectivity index (χ0) is 10.3. The van der Waals surface area contributed by atoms with E-state index in [-0.39, 0.29) is 6.54 Å². The molecule has 1 aliphatic heterocycles. The topological polar surface area (TPSA) is 41.1 Å². The van der Waals surface area contributed by atoms with Gasteiger partial charge in [0, 0.05) is 12.1 Å². The van der Waals surface area contributed by atoms with Crippen molar-refractivity contribution in [2.24, 2.45) is 0 Å². The number of nitrogens with one attached hydrogen (secondary N) is 2. The summed E-state index contributed by atoms with van der Waals surface area (Å²) in [6.07, 6.45) is -4.53. The van der Waals surface area contributed by atoms with Crippen LogP contribution >= 0.6 is 0 Å². The fourth-order valence-corrected chi connectivity index (χ4v) is 1.15. The molecule has 76 valence electrons. The van der Waals surface area contributed by atoms with Gasteiger partial charge in [0.15, 0.2) is 6.04 Å². The average Bonchev–Trinajstić information content (AvgIpc) is 1.92. The van der Waals surface area contributed by atoms with Gasteiger partial charge in [0.2, 0.25) is 5.91 Å². The van der Waals surface area contributed by atoms with Crippen molar-refractivity contribution in [3.05, 3.63) is 0 Å².